The van der Waals surface area contributed by atoms with Gasteiger partial charge in [-0.1, -0.05) is 13.0 Å². The summed E-state index contributed by atoms with van der Waals surface area (Å²) >= 11 is 0. The minimum Gasteiger partial charge on any atom is -0.380 e. The zero-order chi connectivity index (χ0) is 13.5. The molecule has 1 saturated heterocycles. The van der Waals surface area contributed by atoms with E-state index in [9.17, 15) is 4.79 Å². The number of fused-ring (bicyclic) bond motifs is 1. The molecular weight excluding hydrogens is 242 g/mol. The fourth-order valence-electron chi connectivity index (χ4n) is 2.19. The molecule has 0 aromatic carbocycles. The molecule has 1 aliphatic heterocycles. The largest absolute Gasteiger partial charge is 0.380 e. The van der Waals surface area contributed by atoms with Crippen molar-refractivity contribution in [2.75, 3.05) is 19.8 Å². The van der Waals surface area contributed by atoms with Crippen LogP contribution in [0.2, 0.25) is 0 Å². The predicted octanol–water partition coefficient (Wildman–Crippen LogP) is 1.41. The van der Waals surface area contributed by atoms with Crippen LogP contribution in [0.1, 0.15) is 23.1 Å². The first-order valence-corrected chi connectivity index (χ1v) is 6.38. The van der Waals surface area contributed by atoms with Gasteiger partial charge in [0.25, 0.3) is 5.91 Å². The third-order valence-electron chi connectivity index (χ3n) is 3.51. The Hall–Kier alpha value is -1.88. The lowest BCUT2D eigenvalue weighted by Gasteiger charge is -2.37. The van der Waals surface area contributed by atoms with Crippen molar-refractivity contribution < 1.29 is 9.53 Å². The van der Waals surface area contributed by atoms with Crippen molar-refractivity contribution >= 4 is 11.6 Å². The van der Waals surface area contributed by atoms with Gasteiger partial charge in [-0.05, 0) is 19.1 Å². The number of hydrogen-bond acceptors (Lipinski definition) is 3. The Morgan fingerprint density at radius 3 is 2.95 bits per heavy atom. The van der Waals surface area contributed by atoms with E-state index in [1.54, 1.807) is 6.20 Å². The van der Waals surface area contributed by atoms with Crippen molar-refractivity contribution in [2.45, 2.75) is 13.8 Å². The van der Waals surface area contributed by atoms with E-state index in [0.29, 0.717) is 25.5 Å². The van der Waals surface area contributed by atoms with Crippen LogP contribution in [-0.4, -0.2) is 35.1 Å². The molecule has 1 amide bonds. The molecule has 0 aliphatic carbocycles. The molecule has 1 aliphatic rings. The van der Waals surface area contributed by atoms with Gasteiger partial charge in [-0.2, -0.15) is 0 Å². The number of nitrogens with one attached hydrogen (secondary N) is 1. The molecule has 3 heterocycles. The van der Waals surface area contributed by atoms with Gasteiger partial charge in [-0.25, -0.2) is 4.98 Å². The van der Waals surface area contributed by atoms with Gasteiger partial charge in [0.2, 0.25) is 0 Å². The highest BCUT2D eigenvalue weighted by Crippen LogP contribution is 2.25. The third kappa shape index (κ3) is 2.21. The van der Waals surface area contributed by atoms with E-state index < -0.39 is 0 Å². The van der Waals surface area contributed by atoms with Crippen molar-refractivity contribution in [2.24, 2.45) is 5.41 Å². The summed E-state index contributed by atoms with van der Waals surface area (Å²) in [5.41, 5.74) is 2.38. The maximum Gasteiger partial charge on any atom is 0.271 e. The van der Waals surface area contributed by atoms with E-state index in [0.717, 1.165) is 11.3 Å². The van der Waals surface area contributed by atoms with Crippen LogP contribution < -0.4 is 5.32 Å². The van der Waals surface area contributed by atoms with Gasteiger partial charge < -0.3 is 14.5 Å². The SMILES string of the molecule is Cc1cccc2nc(C(=O)NCC3(C)COC3)cn12. The molecule has 5 heteroatoms. The highest BCUT2D eigenvalue weighted by molar-refractivity contribution is 5.92. The molecule has 2 aromatic heterocycles. The Morgan fingerprint density at radius 2 is 2.32 bits per heavy atom. The van der Waals surface area contributed by atoms with Gasteiger partial charge in [0.15, 0.2) is 0 Å². The molecule has 0 spiro atoms. The van der Waals surface area contributed by atoms with Crippen LogP contribution >= 0.6 is 0 Å². The highest BCUT2D eigenvalue weighted by atomic mass is 16.5. The number of imidazole rings is 1. The second kappa shape index (κ2) is 4.35. The van der Waals surface area contributed by atoms with Crippen LogP contribution in [0.15, 0.2) is 24.4 Å². The Labute approximate surface area is 111 Å². The fourth-order valence-corrected chi connectivity index (χ4v) is 2.19. The first kappa shape index (κ1) is 12.2. The van der Waals surface area contributed by atoms with Crippen molar-refractivity contribution in [1.82, 2.24) is 14.7 Å². The van der Waals surface area contributed by atoms with E-state index in [1.165, 1.54) is 0 Å². The molecule has 0 unspecified atom stereocenters. The Balaban J connectivity index is 1.76. The summed E-state index contributed by atoms with van der Waals surface area (Å²) in [6.45, 7) is 6.13. The maximum absolute atomic E-state index is 12.1. The fraction of sp³-hybridized carbons (Fsp3) is 0.429. The second-order valence-corrected chi connectivity index (χ2v) is 5.51. The van der Waals surface area contributed by atoms with Crippen LogP contribution in [0.5, 0.6) is 0 Å². The van der Waals surface area contributed by atoms with Crippen LogP contribution in [0.4, 0.5) is 0 Å². The number of hydrogen-bond donors (Lipinski definition) is 1. The molecule has 19 heavy (non-hydrogen) atoms. The minimum atomic E-state index is -0.128. The standard InChI is InChI=1S/C14H17N3O2/c1-10-4-3-5-12-16-11(6-17(10)12)13(18)15-7-14(2)8-19-9-14/h3-6H,7-9H2,1-2H3,(H,15,18). The zero-order valence-electron chi connectivity index (χ0n) is 11.1. The second-order valence-electron chi connectivity index (χ2n) is 5.51. The average Bonchev–Trinajstić information content (AvgIpc) is 2.79. The molecule has 5 nitrogen and oxygen atoms in total. The van der Waals surface area contributed by atoms with Gasteiger partial charge in [0.1, 0.15) is 11.3 Å². The molecule has 0 saturated carbocycles. The van der Waals surface area contributed by atoms with Gasteiger partial charge in [-0.3, -0.25) is 4.79 Å². The number of ether oxygens (including phenoxy) is 1. The molecule has 100 valence electrons. The van der Waals surface area contributed by atoms with E-state index in [4.69, 9.17) is 4.74 Å². The Morgan fingerprint density at radius 1 is 1.53 bits per heavy atom. The monoisotopic (exact) mass is 259 g/mol. The number of carbonyl (C=O) groups is 1. The molecule has 2 aromatic rings. The first-order valence-electron chi connectivity index (χ1n) is 6.38. The highest BCUT2D eigenvalue weighted by Gasteiger charge is 2.33. The van der Waals surface area contributed by atoms with Crippen molar-refractivity contribution in [3.63, 3.8) is 0 Å². The topological polar surface area (TPSA) is 55.6 Å². The van der Waals surface area contributed by atoms with Crippen LogP contribution in [0.3, 0.4) is 0 Å². The van der Waals surface area contributed by atoms with Crippen molar-refractivity contribution in [3.8, 4) is 0 Å². The van der Waals surface area contributed by atoms with Crippen LogP contribution in [0, 0.1) is 12.3 Å². The number of rotatable bonds is 3. The number of aryl methyl sites for hydroxylation is 1. The third-order valence-corrected chi connectivity index (χ3v) is 3.51. The zero-order valence-corrected chi connectivity index (χ0v) is 11.1. The minimum absolute atomic E-state index is 0.0741. The Bertz CT molecular complexity index is 629. The van der Waals surface area contributed by atoms with E-state index in [1.807, 2.05) is 29.5 Å². The molecular formula is C14H17N3O2. The lowest BCUT2D eigenvalue weighted by atomic mass is 9.89. The van der Waals surface area contributed by atoms with Crippen molar-refractivity contribution in [1.29, 1.82) is 0 Å². The van der Waals surface area contributed by atoms with E-state index in [-0.39, 0.29) is 11.3 Å². The first-order chi connectivity index (χ1) is 9.07. The normalized spacial score (nSPS) is 17.2. The van der Waals surface area contributed by atoms with Gasteiger partial charge in [-0.15, -0.1) is 0 Å². The molecule has 1 N–H and O–H groups in total. The molecule has 0 radical (unpaired) electrons. The Kier molecular flexibility index (Phi) is 2.78. The lowest BCUT2D eigenvalue weighted by Crippen LogP contribution is -2.48. The number of aromatic nitrogens is 2. The van der Waals surface area contributed by atoms with Crippen molar-refractivity contribution in [3.05, 3.63) is 35.8 Å². The summed E-state index contributed by atoms with van der Waals surface area (Å²) in [4.78, 5) is 16.4. The number of amides is 1. The van der Waals surface area contributed by atoms with E-state index >= 15 is 0 Å². The summed E-state index contributed by atoms with van der Waals surface area (Å²) in [6, 6.07) is 5.82. The average molecular weight is 259 g/mol. The lowest BCUT2D eigenvalue weighted by molar-refractivity contribution is -0.0978. The molecule has 0 atom stereocenters. The molecule has 0 bridgehead atoms. The van der Waals surface area contributed by atoms with Gasteiger partial charge in [0.05, 0.1) is 13.2 Å². The molecule has 3 rings (SSSR count). The maximum atomic E-state index is 12.1. The van der Waals surface area contributed by atoms with Crippen LogP contribution in [-0.2, 0) is 4.74 Å². The summed E-state index contributed by atoms with van der Waals surface area (Å²) < 4.78 is 7.09. The summed E-state index contributed by atoms with van der Waals surface area (Å²) in [6.07, 6.45) is 1.78. The number of pyridine rings is 1. The van der Waals surface area contributed by atoms with Gasteiger partial charge in [0, 0.05) is 23.9 Å². The van der Waals surface area contributed by atoms with Crippen LogP contribution in [0.25, 0.3) is 5.65 Å². The number of nitrogens with zero attached hydrogens (tertiary/aromatic N) is 2. The number of carbonyl (C=O) groups excluding carboxylic acids is 1. The van der Waals surface area contributed by atoms with Gasteiger partial charge >= 0.3 is 0 Å². The molecule has 1 fully saturated rings. The van der Waals surface area contributed by atoms with E-state index in [2.05, 4.69) is 17.2 Å². The summed E-state index contributed by atoms with van der Waals surface area (Å²) in [5.74, 6) is -0.128. The predicted molar refractivity (Wildman–Crippen MR) is 71.2 cm³/mol. The summed E-state index contributed by atoms with van der Waals surface area (Å²) in [7, 11) is 0. The quantitative estimate of drug-likeness (QED) is 0.906. The smallest absolute Gasteiger partial charge is 0.271 e. The summed E-state index contributed by atoms with van der Waals surface area (Å²) in [5, 5.41) is 2.93.